The summed E-state index contributed by atoms with van der Waals surface area (Å²) in [6, 6.07) is 5.51. The van der Waals surface area contributed by atoms with Crippen LogP contribution in [-0.4, -0.2) is 22.8 Å². The van der Waals surface area contributed by atoms with Crippen LogP contribution in [0.2, 0.25) is 0 Å². The molecule has 1 saturated heterocycles. The fourth-order valence-corrected chi connectivity index (χ4v) is 3.09. The predicted octanol–water partition coefficient (Wildman–Crippen LogP) is 1.82. The number of nitrogens with zero attached hydrogens (tertiary/aromatic N) is 1. The second kappa shape index (κ2) is 4.62. The summed E-state index contributed by atoms with van der Waals surface area (Å²) in [6.45, 7) is 1.99. The summed E-state index contributed by atoms with van der Waals surface area (Å²) in [5, 5.41) is 6.00. The van der Waals surface area contributed by atoms with Crippen LogP contribution in [0.1, 0.15) is 18.4 Å². The van der Waals surface area contributed by atoms with Crippen molar-refractivity contribution in [2.24, 2.45) is 0 Å². The van der Waals surface area contributed by atoms with Gasteiger partial charge in [-0.05, 0) is 25.0 Å². The summed E-state index contributed by atoms with van der Waals surface area (Å²) in [4.78, 5) is 27.5. The number of carbonyl (C=O) groups is 2. The largest absolute Gasteiger partial charge is 0.344 e. The van der Waals surface area contributed by atoms with Crippen LogP contribution in [-0.2, 0) is 9.59 Å². The number of carbonyl (C=O) groups excluding carboxylic acids is 2. The minimum absolute atomic E-state index is 0.0692. The van der Waals surface area contributed by atoms with Crippen molar-refractivity contribution < 1.29 is 9.59 Å². The van der Waals surface area contributed by atoms with Crippen molar-refractivity contribution in [3.63, 3.8) is 0 Å². The lowest BCUT2D eigenvalue weighted by atomic mass is 10.2. The summed E-state index contributed by atoms with van der Waals surface area (Å²) in [6.07, 6.45) is 0.964. The lowest BCUT2D eigenvalue weighted by molar-refractivity contribution is -0.122. The van der Waals surface area contributed by atoms with Crippen molar-refractivity contribution in [1.82, 2.24) is 10.3 Å². The van der Waals surface area contributed by atoms with Crippen molar-refractivity contribution >= 4 is 38.5 Å². The second-order valence-electron chi connectivity index (χ2n) is 4.59. The zero-order chi connectivity index (χ0) is 13.4. The van der Waals surface area contributed by atoms with Crippen LogP contribution in [0.15, 0.2) is 18.2 Å². The monoisotopic (exact) mass is 275 g/mol. The molecule has 6 heteroatoms. The number of thiazole rings is 1. The Bertz CT molecular complexity index is 665. The van der Waals surface area contributed by atoms with Gasteiger partial charge in [-0.25, -0.2) is 4.98 Å². The summed E-state index contributed by atoms with van der Waals surface area (Å²) in [7, 11) is 0. The third-order valence-electron chi connectivity index (χ3n) is 3.16. The lowest BCUT2D eigenvalue weighted by Gasteiger charge is -2.08. The van der Waals surface area contributed by atoms with Crippen LogP contribution in [0.4, 0.5) is 5.13 Å². The maximum absolute atomic E-state index is 12.0. The number of hydrogen-bond acceptors (Lipinski definition) is 4. The molecule has 0 saturated carbocycles. The number of aryl methyl sites for hydroxylation is 1. The molecule has 1 atom stereocenters. The first-order valence-corrected chi connectivity index (χ1v) is 6.91. The number of amides is 2. The van der Waals surface area contributed by atoms with Crippen molar-refractivity contribution in [3.8, 4) is 0 Å². The summed E-state index contributed by atoms with van der Waals surface area (Å²) in [5.74, 6) is -0.261. The highest BCUT2D eigenvalue weighted by Crippen LogP contribution is 2.28. The smallest absolute Gasteiger partial charge is 0.248 e. The van der Waals surface area contributed by atoms with Crippen molar-refractivity contribution in [2.45, 2.75) is 25.8 Å². The maximum atomic E-state index is 12.0. The number of fused-ring (bicyclic) bond motifs is 1. The van der Waals surface area contributed by atoms with E-state index in [1.165, 1.54) is 11.3 Å². The predicted molar refractivity (Wildman–Crippen MR) is 74.2 cm³/mol. The normalized spacial score (nSPS) is 18.6. The van der Waals surface area contributed by atoms with Gasteiger partial charge in [0, 0.05) is 6.42 Å². The molecule has 1 unspecified atom stereocenters. The number of benzene rings is 1. The van der Waals surface area contributed by atoms with Gasteiger partial charge in [0.25, 0.3) is 0 Å². The average molecular weight is 275 g/mol. The maximum Gasteiger partial charge on any atom is 0.248 e. The molecule has 2 heterocycles. The lowest BCUT2D eigenvalue weighted by Crippen LogP contribution is -2.37. The van der Waals surface area contributed by atoms with Gasteiger partial charge < -0.3 is 10.6 Å². The Morgan fingerprint density at radius 2 is 2.37 bits per heavy atom. The number of anilines is 1. The Balaban J connectivity index is 1.80. The number of para-hydroxylation sites is 1. The standard InChI is InChI=1S/C13H13N3O2S/c1-7-3-2-4-9-11(7)15-13(19-9)16-12(18)8-5-6-10(17)14-8/h2-4,8H,5-6H2,1H3,(H,14,17)(H,15,16,18). The Kier molecular flexibility index (Phi) is 2.94. The molecule has 0 bridgehead atoms. The first kappa shape index (κ1) is 12.1. The van der Waals surface area contributed by atoms with Gasteiger partial charge in [-0.1, -0.05) is 23.5 Å². The van der Waals surface area contributed by atoms with Gasteiger partial charge in [0.05, 0.1) is 10.2 Å². The molecule has 1 aromatic carbocycles. The van der Waals surface area contributed by atoms with E-state index in [4.69, 9.17) is 0 Å². The third-order valence-corrected chi connectivity index (χ3v) is 4.10. The van der Waals surface area contributed by atoms with E-state index in [1.807, 2.05) is 25.1 Å². The molecule has 2 amide bonds. The molecule has 1 aliphatic rings. The van der Waals surface area contributed by atoms with E-state index in [9.17, 15) is 9.59 Å². The minimum atomic E-state index is -0.430. The molecule has 5 nitrogen and oxygen atoms in total. The highest BCUT2D eigenvalue weighted by molar-refractivity contribution is 7.22. The molecule has 3 rings (SSSR count). The molecule has 2 N–H and O–H groups in total. The minimum Gasteiger partial charge on any atom is -0.344 e. The summed E-state index contributed by atoms with van der Waals surface area (Å²) >= 11 is 1.44. The summed E-state index contributed by atoms with van der Waals surface area (Å²) < 4.78 is 1.05. The van der Waals surface area contributed by atoms with Gasteiger partial charge in [-0.15, -0.1) is 0 Å². The molecular weight excluding hydrogens is 262 g/mol. The van der Waals surface area contributed by atoms with E-state index in [-0.39, 0.29) is 11.8 Å². The van der Waals surface area contributed by atoms with E-state index in [0.29, 0.717) is 18.0 Å². The molecule has 1 fully saturated rings. The molecule has 0 spiro atoms. The molecular formula is C13H13N3O2S. The second-order valence-corrected chi connectivity index (χ2v) is 5.62. The van der Waals surface area contributed by atoms with Crippen molar-refractivity contribution in [2.75, 3.05) is 5.32 Å². The zero-order valence-electron chi connectivity index (χ0n) is 10.4. The molecule has 19 heavy (non-hydrogen) atoms. The van der Waals surface area contributed by atoms with Crippen LogP contribution in [0, 0.1) is 6.92 Å². The number of aromatic nitrogens is 1. The van der Waals surface area contributed by atoms with Gasteiger partial charge >= 0.3 is 0 Å². The van der Waals surface area contributed by atoms with Crippen molar-refractivity contribution in [3.05, 3.63) is 23.8 Å². The number of rotatable bonds is 2. The molecule has 98 valence electrons. The molecule has 0 radical (unpaired) electrons. The molecule has 2 aromatic rings. The Morgan fingerprint density at radius 1 is 1.53 bits per heavy atom. The van der Waals surface area contributed by atoms with E-state index < -0.39 is 6.04 Å². The first-order chi connectivity index (χ1) is 9.13. The Labute approximate surface area is 114 Å². The van der Waals surface area contributed by atoms with Gasteiger partial charge in [-0.3, -0.25) is 9.59 Å². The Morgan fingerprint density at radius 3 is 3.05 bits per heavy atom. The highest BCUT2D eigenvalue weighted by atomic mass is 32.1. The van der Waals surface area contributed by atoms with Gasteiger partial charge in [0.1, 0.15) is 6.04 Å². The fraction of sp³-hybridized carbons (Fsp3) is 0.308. The number of hydrogen-bond donors (Lipinski definition) is 2. The molecule has 1 aliphatic heterocycles. The topological polar surface area (TPSA) is 71.1 Å². The first-order valence-electron chi connectivity index (χ1n) is 6.10. The Hall–Kier alpha value is -1.95. The fourth-order valence-electron chi connectivity index (χ4n) is 2.14. The SMILES string of the molecule is Cc1cccc2sc(NC(=O)C3CCC(=O)N3)nc12. The van der Waals surface area contributed by atoms with Gasteiger partial charge in [-0.2, -0.15) is 0 Å². The van der Waals surface area contributed by atoms with E-state index in [2.05, 4.69) is 15.6 Å². The van der Waals surface area contributed by atoms with Crippen LogP contribution < -0.4 is 10.6 Å². The van der Waals surface area contributed by atoms with Crippen LogP contribution in [0.5, 0.6) is 0 Å². The molecule has 1 aromatic heterocycles. The van der Waals surface area contributed by atoms with Crippen LogP contribution in [0.3, 0.4) is 0 Å². The average Bonchev–Trinajstić information content (AvgIpc) is 2.96. The van der Waals surface area contributed by atoms with Crippen molar-refractivity contribution in [1.29, 1.82) is 0 Å². The van der Waals surface area contributed by atoms with Crippen LogP contribution in [0.25, 0.3) is 10.2 Å². The van der Waals surface area contributed by atoms with E-state index in [1.54, 1.807) is 0 Å². The van der Waals surface area contributed by atoms with Crippen LogP contribution >= 0.6 is 11.3 Å². The van der Waals surface area contributed by atoms with Gasteiger partial charge in [0.15, 0.2) is 5.13 Å². The number of nitrogens with one attached hydrogen (secondary N) is 2. The summed E-state index contributed by atoms with van der Waals surface area (Å²) in [5.41, 5.74) is 2.00. The van der Waals surface area contributed by atoms with E-state index in [0.717, 1.165) is 15.8 Å². The van der Waals surface area contributed by atoms with E-state index >= 15 is 0 Å². The molecule has 0 aliphatic carbocycles. The highest BCUT2D eigenvalue weighted by Gasteiger charge is 2.27. The quantitative estimate of drug-likeness (QED) is 0.878. The van der Waals surface area contributed by atoms with Gasteiger partial charge in [0.2, 0.25) is 11.8 Å². The third kappa shape index (κ3) is 2.31. The zero-order valence-corrected chi connectivity index (χ0v) is 11.2.